The van der Waals surface area contributed by atoms with Crippen LogP contribution in [0.2, 0.25) is 0 Å². The van der Waals surface area contributed by atoms with Crippen LogP contribution < -0.4 is 9.47 Å². The molecule has 0 radical (unpaired) electrons. The largest absolute Gasteiger partial charge is 0.497 e. The van der Waals surface area contributed by atoms with Gasteiger partial charge in [-0.1, -0.05) is 0 Å². The summed E-state index contributed by atoms with van der Waals surface area (Å²) in [6.07, 6.45) is 0.670. The second-order valence-electron chi connectivity index (χ2n) is 7.14. The quantitative estimate of drug-likeness (QED) is 0.627. The van der Waals surface area contributed by atoms with Crippen LogP contribution in [0.15, 0.2) is 18.2 Å². The lowest BCUT2D eigenvalue weighted by molar-refractivity contribution is 0.0820. The van der Waals surface area contributed by atoms with Gasteiger partial charge >= 0.3 is 0 Å². The Morgan fingerprint density at radius 3 is 2.44 bits per heavy atom. The number of aliphatic hydroxyl groups excluding tert-OH is 1. The van der Waals surface area contributed by atoms with Crippen LogP contribution in [-0.4, -0.2) is 101 Å². The molecule has 1 N–H and O–H groups in total. The smallest absolute Gasteiger partial charge is 0.211 e. The van der Waals surface area contributed by atoms with E-state index >= 15 is 0 Å². The molecular formula is C18H31N3O5S. The molecule has 0 amide bonds. The van der Waals surface area contributed by atoms with E-state index in [0.717, 1.165) is 11.3 Å². The normalized spacial score (nSPS) is 17.9. The Bertz CT molecular complexity index is 703. The molecule has 154 valence electrons. The van der Waals surface area contributed by atoms with Crippen LogP contribution in [0.25, 0.3) is 0 Å². The van der Waals surface area contributed by atoms with E-state index in [9.17, 15) is 13.5 Å². The number of nitrogens with zero attached hydrogens (tertiary/aromatic N) is 3. The zero-order valence-electron chi connectivity index (χ0n) is 16.6. The van der Waals surface area contributed by atoms with Crippen LogP contribution in [0.5, 0.6) is 11.5 Å². The van der Waals surface area contributed by atoms with Gasteiger partial charge in [0.25, 0.3) is 0 Å². The average Bonchev–Trinajstić information content (AvgIpc) is 2.59. The van der Waals surface area contributed by atoms with Crippen LogP contribution in [0.4, 0.5) is 0 Å². The number of rotatable bonds is 9. The fraction of sp³-hybridized carbons (Fsp3) is 0.667. The van der Waals surface area contributed by atoms with Crippen molar-refractivity contribution in [3.05, 3.63) is 23.8 Å². The summed E-state index contributed by atoms with van der Waals surface area (Å²) < 4.78 is 36.0. The topological polar surface area (TPSA) is 82.6 Å². The number of methoxy groups -OCH3 is 1. The van der Waals surface area contributed by atoms with Crippen LogP contribution in [0.3, 0.4) is 0 Å². The minimum absolute atomic E-state index is 0.208. The van der Waals surface area contributed by atoms with Crippen molar-refractivity contribution in [1.29, 1.82) is 0 Å². The van der Waals surface area contributed by atoms with Crippen molar-refractivity contribution < 1.29 is 23.0 Å². The molecule has 1 heterocycles. The fourth-order valence-corrected chi connectivity index (χ4v) is 3.89. The van der Waals surface area contributed by atoms with Crippen molar-refractivity contribution in [2.45, 2.75) is 12.6 Å². The maximum absolute atomic E-state index is 11.7. The number of aliphatic hydroxyl groups is 1. The van der Waals surface area contributed by atoms with E-state index in [0.29, 0.717) is 45.0 Å². The van der Waals surface area contributed by atoms with Gasteiger partial charge in [0.05, 0.1) is 13.4 Å². The van der Waals surface area contributed by atoms with Crippen LogP contribution >= 0.6 is 0 Å². The first kappa shape index (κ1) is 21.9. The molecule has 8 nitrogen and oxygen atoms in total. The lowest BCUT2D eigenvalue weighted by atomic mass is 10.1. The summed E-state index contributed by atoms with van der Waals surface area (Å²) in [7, 11) is 2.28. The van der Waals surface area contributed by atoms with Crippen molar-refractivity contribution in [3.63, 3.8) is 0 Å². The number of hydrogen-bond donors (Lipinski definition) is 1. The predicted molar refractivity (Wildman–Crippen MR) is 105 cm³/mol. The molecule has 1 aromatic rings. The summed E-state index contributed by atoms with van der Waals surface area (Å²) in [4.78, 5) is 4.10. The minimum Gasteiger partial charge on any atom is -0.497 e. The molecule has 1 aliphatic rings. The van der Waals surface area contributed by atoms with Gasteiger partial charge in [0.1, 0.15) is 24.2 Å². The Morgan fingerprint density at radius 1 is 1.22 bits per heavy atom. The Morgan fingerprint density at radius 2 is 1.89 bits per heavy atom. The highest BCUT2D eigenvalue weighted by atomic mass is 32.2. The molecule has 1 fully saturated rings. The van der Waals surface area contributed by atoms with E-state index in [1.54, 1.807) is 7.11 Å². The van der Waals surface area contributed by atoms with E-state index in [4.69, 9.17) is 9.47 Å². The lowest BCUT2D eigenvalue weighted by Gasteiger charge is -2.33. The first-order valence-electron chi connectivity index (χ1n) is 8.99. The molecule has 27 heavy (non-hydrogen) atoms. The van der Waals surface area contributed by atoms with Crippen LogP contribution in [0, 0.1) is 0 Å². The first-order chi connectivity index (χ1) is 12.7. The summed E-state index contributed by atoms with van der Waals surface area (Å²) in [6.45, 7) is 3.66. The van der Waals surface area contributed by atoms with Gasteiger partial charge in [-0.2, -0.15) is 4.31 Å². The van der Waals surface area contributed by atoms with Crippen molar-refractivity contribution in [2.75, 3.05) is 66.8 Å². The van der Waals surface area contributed by atoms with E-state index in [1.165, 1.54) is 10.6 Å². The molecule has 9 heteroatoms. The maximum atomic E-state index is 11.7. The van der Waals surface area contributed by atoms with Gasteiger partial charge in [-0.05, 0) is 32.3 Å². The van der Waals surface area contributed by atoms with E-state index in [-0.39, 0.29) is 6.61 Å². The van der Waals surface area contributed by atoms with Crippen molar-refractivity contribution in [3.8, 4) is 11.5 Å². The van der Waals surface area contributed by atoms with Crippen LogP contribution in [0.1, 0.15) is 5.56 Å². The average molecular weight is 402 g/mol. The number of piperazine rings is 1. The molecule has 0 bridgehead atoms. The summed E-state index contributed by atoms with van der Waals surface area (Å²) in [5, 5.41) is 10.0. The molecule has 0 saturated carbocycles. The summed E-state index contributed by atoms with van der Waals surface area (Å²) in [5.41, 5.74) is 0.958. The van der Waals surface area contributed by atoms with Gasteiger partial charge in [0.15, 0.2) is 0 Å². The highest BCUT2D eigenvalue weighted by Crippen LogP contribution is 2.26. The number of sulfonamides is 1. The van der Waals surface area contributed by atoms with Gasteiger partial charge in [0, 0.05) is 44.8 Å². The van der Waals surface area contributed by atoms with E-state index in [2.05, 4.69) is 4.90 Å². The van der Waals surface area contributed by atoms with Crippen LogP contribution in [-0.2, 0) is 16.6 Å². The van der Waals surface area contributed by atoms with Gasteiger partial charge < -0.3 is 19.5 Å². The molecule has 0 unspecified atom stereocenters. The third-order valence-corrected chi connectivity index (χ3v) is 5.77. The monoisotopic (exact) mass is 401 g/mol. The van der Waals surface area contributed by atoms with Crippen molar-refractivity contribution >= 4 is 10.0 Å². The fourth-order valence-electron chi connectivity index (χ4n) is 3.07. The summed E-state index contributed by atoms with van der Waals surface area (Å²) in [5.74, 6) is 1.44. The first-order valence-corrected chi connectivity index (χ1v) is 10.8. The zero-order chi connectivity index (χ0) is 20.0. The Labute approximate surface area is 162 Å². The minimum atomic E-state index is -3.14. The molecule has 0 spiro atoms. The Hall–Kier alpha value is -1.39. The highest BCUT2D eigenvalue weighted by Gasteiger charge is 2.24. The molecule has 1 aliphatic heterocycles. The molecular weight excluding hydrogens is 370 g/mol. The highest BCUT2D eigenvalue weighted by molar-refractivity contribution is 7.88. The molecule has 2 rings (SSSR count). The number of likely N-dealkylation sites (N-methyl/N-ethyl adjacent to an activating group) is 1. The zero-order valence-corrected chi connectivity index (χ0v) is 17.4. The second-order valence-corrected chi connectivity index (χ2v) is 9.12. The van der Waals surface area contributed by atoms with Crippen molar-refractivity contribution in [1.82, 2.24) is 14.1 Å². The number of ether oxygens (including phenoxy) is 2. The third-order valence-electron chi connectivity index (χ3n) is 4.47. The van der Waals surface area contributed by atoms with Crippen molar-refractivity contribution in [2.24, 2.45) is 0 Å². The Balaban J connectivity index is 2.02. The second kappa shape index (κ2) is 9.70. The Kier molecular flexibility index (Phi) is 7.87. The van der Waals surface area contributed by atoms with Gasteiger partial charge in [0.2, 0.25) is 10.0 Å². The SMILES string of the molecule is COc1ccc(OC[C@H](O)CN(C)C)c(CN2CCN(S(C)(=O)=O)CC2)c1. The number of hydrogen-bond acceptors (Lipinski definition) is 7. The van der Waals surface area contributed by atoms with Gasteiger partial charge in [-0.3, -0.25) is 4.90 Å². The lowest BCUT2D eigenvalue weighted by Crippen LogP contribution is -2.47. The maximum Gasteiger partial charge on any atom is 0.211 e. The van der Waals surface area contributed by atoms with E-state index < -0.39 is 16.1 Å². The van der Waals surface area contributed by atoms with Gasteiger partial charge in [-0.25, -0.2) is 8.42 Å². The van der Waals surface area contributed by atoms with E-state index in [1.807, 2.05) is 37.2 Å². The molecule has 1 saturated heterocycles. The predicted octanol–water partition coefficient (Wildman–Crippen LogP) is 0.0737. The molecule has 0 aromatic heterocycles. The number of benzene rings is 1. The standard InChI is InChI=1S/C18H31N3O5S/c1-19(2)13-16(22)14-26-18-6-5-17(25-3)11-15(18)12-20-7-9-21(10-8-20)27(4,23)24/h5-6,11,16,22H,7-10,12-14H2,1-4H3/t16-/m1/s1. The molecule has 1 atom stereocenters. The van der Waals surface area contributed by atoms with Gasteiger partial charge in [-0.15, -0.1) is 0 Å². The summed E-state index contributed by atoms with van der Waals surface area (Å²) in [6, 6.07) is 5.61. The third kappa shape index (κ3) is 6.93. The molecule has 0 aliphatic carbocycles. The summed E-state index contributed by atoms with van der Waals surface area (Å²) >= 11 is 0. The molecule has 1 aromatic carbocycles.